The second-order valence-electron chi connectivity index (χ2n) is 15.8. The molecule has 0 saturated carbocycles. The van der Waals surface area contributed by atoms with Crippen LogP contribution < -0.4 is 17.2 Å². The normalized spacial score (nSPS) is 9.48. The van der Waals surface area contributed by atoms with Crippen LogP contribution in [0, 0.1) is 51.8 Å². The number of halogens is 9. The Labute approximate surface area is 594 Å². The first kappa shape index (κ1) is 88.9. The maximum Gasteiger partial charge on any atom is 0.365 e. The van der Waals surface area contributed by atoms with Crippen molar-refractivity contribution < 1.29 is 101 Å². The topological polar surface area (TPSA) is 589 Å². The summed E-state index contributed by atoms with van der Waals surface area (Å²) in [5.74, 6) is -5.66. The van der Waals surface area contributed by atoms with Gasteiger partial charge in [-0.05, 0) is 107 Å². The van der Waals surface area contributed by atoms with Crippen molar-refractivity contribution in [3.8, 4) is 6.07 Å². The van der Waals surface area contributed by atoms with Crippen molar-refractivity contribution in [1.29, 1.82) is 5.26 Å². The second-order valence-corrected chi connectivity index (χ2v) is 24.9. The molecule has 97 heavy (non-hydrogen) atoms. The Morgan fingerprint density at radius 2 is 0.804 bits per heavy atom. The Hall–Kier alpha value is -10.1. The summed E-state index contributed by atoms with van der Waals surface area (Å²) >= 11 is 47.9. The van der Waals surface area contributed by atoms with Crippen LogP contribution in [0.5, 0.6) is 0 Å². The number of rotatable bonds is 9. The molecule has 9 aromatic rings. The number of nitrogens with zero attached hydrogens (tertiary/aromatic N) is 11. The second kappa shape index (κ2) is 43.1. The Balaban J connectivity index is 0. The molecule has 0 aliphatic carbocycles. The van der Waals surface area contributed by atoms with E-state index in [1.165, 1.54) is 55.1 Å². The Morgan fingerprint density at radius 1 is 0.485 bits per heavy atom. The Morgan fingerprint density at radius 3 is 1.18 bits per heavy atom. The molecule has 0 bridgehead atoms. The number of hydrogen-bond donors (Lipinski definition) is 8. The van der Waals surface area contributed by atoms with E-state index in [0.29, 0.717) is 59.3 Å². The molecule has 0 fully saturated rings. The number of aromatic carboxylic acids is 4. The molecule has 512 valence electrons. The van der Waals surface area contributed by atoms with Crippen LogP contribution in [0.25, 0.3) is 33.1 Å². The number of carbonyl (C=O) groups excluding carboxylic acids is 3. The first-order valence-corrected chi connectivity index (χ1v) is 30.1. The molecular weight excluding hydrogens is 1550 g/mol. The molecule has 0 aliphatic heterocycles. The van der Waals surface area contributed by atoms with E-state index in [-0.39, 0.29) is 75.2 Å². The van der Waals surface area contributed by atoms with Crippen LogP contribution in [0.15, 0.2) is 116 Å². The molecule has 46 heteroatoms. The molecule has 3 heterocycles. The summed E-state index contributed by atoms with van der Waals surface area (Å²) in [5, 5.41) is 86.6. The molecule has 0 unspecified atom stereocenters. The van der Waals surface area contributed by atoms with Crippen molar-refractivity contribution in [1.82, 2.24) is 29.9 Å². The summed E-state index contributed by atoms with van der Waals surface area (Å²) in [6.07, 6.45) is 9.39. The third kappa shape index (κ3) is 29.2. The van der Waals surface area contributed by atoms with Gasteiger partial charge < -0.3 is 42.8 Å². The third-order valence-electron chi connectivity index (χ3n) is 9.95. The number of amides is 1. The van der Waals surface area contributed by atoms with Gasteiger partial charge in [-0.3, -0.25) is 79.2 Å². The molecular formula is C51H36Cl9FeN14O21P. The number of nitrogen functional groups attached to an aromatic ring is 2. The van der Waals surface area contributed by atoms with Crippen molar-refractivity contribution in [2.24, 2.45) is 5.73 Å². The van der Waals surface area contributed by atoms with Gasteiger partial charge in [-0.2, -0.15) is 5.26 Å². The molecule has 9 rings (SSSR count). The molecule has 1 amide bonds. The number of fused-ring (bicyclic) bond motifs is 3. The Bertz CT molecular complexity index is 4420. The summed E-state index contributed by atoms with van der Waals surface area (Å²) in [4.78, 5) is 132. The van der Waals surface area contributed by atoms with E-state index in [9.17, 15) is 58.9 Å². The van der Waals surface area contributed by atoms with Crippen LogP contribution in [0.3, 0.4) is 0 Å². The van der Waals surface area contributed by atoms with Crippen LogP contribution in [-0.2, 0) is 31.2 Å². The minimum Gasteiger partial charge on any atom is -0.478 e. The molecule has 35 nitrogen and oxygen atoms in total. The number of nitrogens with two attached hydrogens (primary N) is 3. The van der Waals surface area contributed by atoms with Gasteiger partial charge in [0.2, 0.25) is 0 Å². The number of carbonyl (C=O) groups is 7. The summed E-state index contributed by atoms with van der Waals surface area (Å²) in [6.45, 7) is 0. The molecule has 0 aliphatic rings. The number of nitro groups is 3. The number of primary amides is 1. The van der Waals surface area contributed by atoms with Gasteiger partial charge in [-0.15, -0.1) is 10.1 Å². The average Bonchev–Trinajstić information content (AvgIpc) is 0.829. The van der Waals surface area contributed by atoms with Gasteiger partial charge in [0.25, 0.3) is 16.7 Å². The molecule has 0 radical (unpaired) electrons. The molecule has 3 aromatic heterocycles. The summed E-state index contributed by atoms with van der Waals surface area (Å²) < 4.78 is 9.51. The van der Waals surface area contributed by atoms with Crippen molar-refractivity contribution in [3.05, 3.63) is 220 Å². The van der Waals surface area contributed by atoms with E-state index < -0.39 is 82.5 Å². The minimum atomic E-state index is -3.22. The van der Waals surface area contributed by atoms with Crippen molar-refractivity contribution in [3.63, 3.8) is 0 Å². The van der Waals surface area contributed by atoms with Gasteiger partial charge in [-0.1, -0.05) is 77.0 Å². The van der Waals surface area contributed by atoms with Crippen molar-refractivity contribution >= 4 is 212 Å². The van der Waals surface area contributed by atoms with Crippen LogP contribution in [0.4, 0.5) is 28.4 Å². The van der Waals surface area contributed by atoms with Crippen LogP contribution in [0.1, 0.15) is 64.8 Å². The molecule has 0 atom stereocenters. The maximum absolute atomic E-state index is 11.0. The van der Waals surface area contributed by atoms with Gasteiger partial charge in [0.15, 0.2) is 12.6 Å². The van der Waals surface area contributed by atoms with Gasteiger partial charge in [-0.25, -0.2) is 19.2 Å². The van der Waals surface area contributed by atoms with E-state index in [2.05, 4.69) is 63.6 Å². The van der Waals surface area contributed by atoms with Crippen LogP contribution in [0.2, 0.25) is 30.1 Å². The monoisotopic (exact) mass is 1580 g/mol. The summed E-state index contributed by atoms with van der Waals surface area (Å²) in [5.41, 5.74) is 16.0. The van der Waals surface area contributed by atoms with E-state index in [0.717, 1.165) is 24.3 Å². The van der Waals surface area contributed by atoms with Gasteiger partial charge in [0.05, 0.1) is 68.5 Å². The number of carboxylic acids is 4. The maximum atomic E-state index is 11.0. The number of aldehydes is 2. The zero-order chi connectivity index (χ0) is 72.8. The quantitative estimate of drug-likeness (QED) is 0.0127. The van der Waals surface area contributed by atoms with E-state index in [1.807, 2.05) is 6.07 Å². The fraction of sp³-hybridized carbons (Fsp3) is 0.0196. The predicted octanol–water partition coefficient (Wildman–Crippen LogP) is 13.0. The van der Waals surface area contributed by atoms with Crippen molar-refractivity contribution in [2.45, 2.75) is 7.43 Å². The fourth-order valence-electron chi connectivity index (χ4n) is 6.25. The Kier molecular flexibility index (Phi) is 39.5. The largest absolute Gasteiger partial charge is 0.478 e. The van der Waals surface area contributed by atoms with Crippen LogP contribution >= 0.6 is 109 Å². The fourth-order valence-corrected chi connectivity index (χ4v) is 7.41. The number of hydrogen-bond acceptors (Lipinski definition) is 25. The minimum absolute atomic E-state index is 0. The number of anilines is 2. The number of aromatic nitrogens is 6. The van der Waals surface area contributed by atoms with E-state index in [4.69, 9.17) is 137 Å². The summed E-state index contributed by atoms with van der Waals surface area (Å²) in [7, 11) is 0. The average molecular weight is 1590 g/mol. The van der Waals surface area contributed by atoms with E-state index >= 15 is 0 Å². The van der Waals surface area contributed by atoms with Gasteiger partial charge >= 0.3 is 40.5 Å². The SMILES string of the molecule is C.N#Cc1ccc(Cl)c2nccnc12.NC(=O)c1ccc(Cl)c2nccnc12.Nc1c(Cl)ccc(C(=O)O)c1N.O=C(O)c1ccc(Cl)c([N+](=O)[O-])c1[N+](=O)[O-].O=C(O)c1ccc(Cl)c2nccnc12.O=C(O)c1ccc(Cl)cc1[N+](=O)[O-].O=CC=O.O=P(Cl)(Cl)Cl.O=[N+]([O-])O.[Fe]. The smallest absolute Gasteiger partial charge is 0.365 e. The van der Waals surface area contributed by atoms with Crippen LogP contribution in [-0.4, -0.2) is 118 Å². The predicted molar refractivity (Wildman–Crippen MR) is 351 cm³/mol. The molecule has 0 spiro atoms. The number of benzene rings is 6. The van der Waals surface area contributed by atoms with Crippen molar-refractivity contribution in [2.75, 3.05) is 11.5 Å². The number of nitriles is 1. The number of nitro benzene ring substituents is 3. The first-order valence-electron chi connectivity index (χ1n) is 23.4. The molecule has 6 aromatic carbocycles. The van der Waals surface area contributed by atoms with Gasteiger partial charge in [0, 0.05) is 65.3 Å². The standard InChI is InChI=1S/C9H6ClN3O.C9H4ClN3.C9H5ClN2O2.C7H3ClN2O6.C7H7ClN2O2.C7H4ClNO4.C2H2O2.CH4.Cl3OP.Fe.HNO3/c10-6-2-1-5(9(11)14)7-8(6)13-4-3-12-7;10-7-2-1-6(5-11)8-9(7)13-4-3-12-8;10-6-2-1-5(9(13)14)7-8(6)12-4-3-11-7;8-4-2-1-3(7(11)12)5(9(13)14)6(4)10(15)16;8-4-2-1-3(7(11)12)5(9)6(4)10;8-4-1-2-5(7(10)11)6(3-4)9(12)13;3-1-2-4;;1-5(2,3)4;;2-1(3)4/h1-4H,(H2,11,14);1-4H;1-4H,(H,13,14);1-2H,(H,11,12);1-2H,9-10H2,(H,11,12);1-3H,(H,10,11);1-2H;1H4;;;(H,2,3,4). The first-order chi connectivity index (χ1) is 44.3. The zero-order valence-corrected chi connectivity index (χ0v) is 55.0. The molecule has 11 N–H and O–H groups in total. The summed E-state index contributed by atoms with van der Waals surface area (Å²) in [6, 6.07) is 19.2. The third-order valence-corrected chi connectivity index (χ3v) is 11.7. The van der Waals surface area contributed by atoms with Gasteiger partial charge in [0.1, 0.15) is 55.3 Å². The van der Waals surface area contributed by atoms with E-state index in [1.54, 1.807) is 36.7 Å². The molecule has 0 saturated heterocycles. The zero-order valence-electron chi connectivity index (χ0n) is 46.2. The number of carboxylic acid groups (broad SMARTS) is 4.